The van der Waals surface area contributed by atoms with Crippen molar-refractivity contribution in [3.8, 4) is 0 Å². The van der Waals surface area contributed by atoms with Gasteiger partial charge in [-0.05, 0) is 19.1 Å². The third-order valence-corrected chi connectivity index (χ3v) is 3.32. The second-order valence-electron chi connectivity index (χ2n) is 4.88. The van der Waals surface area contributed by atoms with Crippen molar-refractivity contribution >= 4 is 17.7 Å². The lowest BCUT2D eigenvalue weighted by atomic mass is 10.2. The van der Waals surface area contributed by atoms with Gasteiger partial charge in [0, 0.05) is 18.7 Å². The Morgan fingerprint density at radius 3 is 2.60 bits per heavy atom. The fraction of sp³-hybridized carbons (Fsp3) is 0.429. The van der Waals surface area contributed by atoms with E-state index in [1.54, 1.807) is 12.1 Å². The van der Waals surface area contributed by atoms with E-state index >= 15 is 0 Å². The summed E-state index contributed by atoms with van der Waals surface area (Å²) in [6, 6.07) is 6.18. The van der Waals surface area contributed by atoms with Gasteiger partial charge in [0.15, 0.2) is 0 Å². The Morgan fingerprint density at radius 2 is 2.00 bits per heavy atom. The molecule has 0 unspecified atom stereocenters. The summed E-state index contributed by atoms with van der Waals surface area (Å²) in [6.07, 6.45) is -0.503. The van der Waals surface area contributed by atoms with Crippen molar-refractivity contribution in [3.05, 3.63) is 29.8 Å². The van der Waals surface area contributed by atoms with Gasteiger partial charge in [-0.3, -0.25) is 0 Å². The SMILES string of the molecule is COC(=O)[C@@H]1C[C@@H](O)CN1C(=O)Nc1ccc(C)cc1. The molecule has 1 aromatic rings. The molecule has 2 N–H and O–H groups in total. The lowest BCUT2D eigenvalue weighted by Gasteiger charge is -2.22. The number of anilines is 1. The van der Waals surface area contributed by atoms with Crippen LogP contribution in [0.1, 0.15) is 12.0 Å². The Kier molecular flexibility index (Phi) is 4.24. The fourth-order valence-electron chi connectivity index (χ4n) is 2.23. The molecule has 2 amide bonds. The Labute approximate surface area is 117 Å². The van der Waals surface area contributed by atoms with Crippen LogP contribution >= 0.6 is 0 Å². The maximum atomic E-state index is 12.2. The molecule has 20 heavy (non-hydrogen) atoms. The molecule has 1 aliphatic heterocycles. The van der Waals surface area contributed by atoms with Gasteiger partial charge in [-0.2, -0.15) is 0 Å². The van der Waals surface area contributed by atoms with Gasteiger partial charge in [0.2, 0.25) is 0 Å². The number of aliphatic hydroxyl groups excluding tert-OH is 1. The maximum absolute atomic E-state index is 12.2. The average molecular weight is 278 g/mol. The minimum absolute atomic E-state index is 0.122. The number of aliphatic hydroxyl groups is 1. The third-order valence-electron chi connectivity index (χ3n) is 3.32. The number of aryl methyl sites for hydroxylation is 1. The highest BCUT2D eigenvalue weighted by molar-refractivity contribution is 5.93. The molecule has 1 fully saturated rings. The van der Waals surface area contributed by atoms with Crippen LogP contribution in [-0.4, -0.2) is 47.8 Å². The zero-order chi connectivity index (χ0) is 14.7. The predicted octanol–water partition coefficient (Wildman–Crippen LogP) is 1.14. The molecule has 1 aromatic carbocycles. The second kappa shape index (κ2) is 5.92. The normalized spacial score (nSPS) is 21.6. The predicted molar refractivity (Wildman–Crippen MR) is 73.3 cm³/mol. The number of β-amino-alcohol motifs (C(OH)–C–C–N with tert-alkyl or cyclic N) is 1. The molecule has 2 atom stereocenters. The van der Waals surface area contributed by atoms with Crippen LogP contribution in [0.3, 0.4) is 0 Å². The van der Waals surface area contributed by atoms with E-state index in [1.165, 1.54) is 12.0 Å². The Hall–Kier alpha value is -2.08. The number of methoxy groups -OCH3 is 1. The van der Waals surface area contributed by atoms with Gasteiger partial charge >= 0.3 is 12.0 Å². The number of likely N-dealkylation sites (tertiary alicyclic amines) is 1. The number of carbonyl (C=O) groups excluding carboxylic acids is 2. The lowest BCUT2D eigenvalue weighted by Crippen LogP contribution is -2.43. The second-order valence-corrected chi connectivity index (χ2v) is 4.88. The van der Waals surface area contributed by atoms with Gasteiger partial charge in [0.05, 0.1) is 13.2 Å². The molecule has 1 heterocycles. The van der Waals surface area contributed by atoms with Gasteiger partial charge in [-0.15, -0.1) is 0 Å². The molecule has 0 spiro atoms. The number of nitrogens with zero attached hydrogens (tertiary/aromatic N) is 1. The first-order valence-corrected chi connectivity index (χ1v) is 6.41. The molecule has 2 rings (SSSR count). The van der Waals surface area contributed by atoms with E-state index in [9.17, 15) is 14.7 Å². The van der Waals surface area contributed by atoms with Gasteiger partial charge < -0.3 is 20.1 Å². The first-order chi connectivity index (χ1) is 9.51. The number of hydrogen-bond acceptors (Lipinski definition) is 4. The molecule has 0 saturated carbocycles. The molecule has 0 aromatic heterocycles. The summed E-state index contributed by atoms with van der Waals surface area (Å²) in [5, 5.41) is 12.3. The van der Waals surface area contributed by atoms with E-state index in [0.717, 1.165) is 5.56 Å². The smallest absolute Gasteiger partial charge is 0.328 e. The van der Waals surface area contributed by atoms with Crippen molar-refractivity contribution in [2.24, 2.45) is 0 Å². The van der Waals surface area contributed by atoms with Gasteiger partial charge in [-0.25, -0.2) is 9.59 Å². The fourth-order valence-corrected chi connectivity index (χ4v) is 2.23. The van der Waals surface area contributed by atoms with Crippen LogP contribution in [0.15, 0.2) is 24.3 Å². The van der Waals surface area contributed by atoms with Crippen LogP contribution in [0.2, 0.25) is 0 Å². The highest BCUT2D eigenvalue weighted by Gasteiger charge is 2.39. The quantitative estimate of drug-likeness (QED) is 0.795. The summed E-state index contributed by atoms with van der Waals surface area (Å²) in [5.74, 6) is -0.513. The number of urea groups is 1. The standard InChI is InChI=1S/C14H18N2O4/c1-9-3-5-10(6-4-9)15-14(19)16-8-11(17)7-12(16)13(18)20-2/h3-6,11-12,17H,7-8H2,1-2H3,(H,15,19)/t11-,12+/m1/s1. The van der Waals surface area contributed by atoms with Gasteiger partial charge in [0.25, 0.3) is 0 Å². The first-order valence-electron chi connectivity index (χ1n) is 6.41. The van der Waals surface area contributed by atoms with Crippen molar-refractivity contribution in [3.63, 3.8) is 0 Å². The van der Waals surface area contributed by atoms with Crippen molar-refractivity contribution < 1.29 is 19.4 Å². The topological polar surface area (TPSA) is 78.9 Å². The Morgan fingerprint density at radius 1 is 1.35 bits per heavy atom. The van der Waals surface area contributed by atoms with E-state index in [-0.39, 0.29) is 13.0 Å². The van der Waals surface area contributed by atoms with E-state index in [1.807, 2.05) is 19.1 Å². The lowest BCUT2D eigenvalue weighted by molar-refractivity contribution is -0.144. The number of amides is 2. The molecule has 6 heteroatoms. The molecular weight excluding hydrogens is 260 g/mol. The molecule has 6 nitrogen and oxygen atoms in total. The molecule has 0 radical (unpaired) electrons. The van der Waals surface area contributed by atoms with E-state index in [4.69, 9.17) is 0 Å². The van der Waals surface area contributed by atoms with E-state index in [0.29, 0.717) is 5.69 Å². The minimum Gasteiger partial charge on any atom is -0.467 e. The zero-order valence-corrected chi connectivity index (χ0v) is 11.5. The number of carbonyl (C=O) groups is 2. The van der Waals surface area contributed by atoms with E-state index in [2.05, 4.69) is 10.1 Å². The molecule has 108 valence electrons. The number of nitrogens with one attached hydrogen (secondary N) is 1. The molecule has 1 aliphatic rings. The van der Waals surface area contributed by atoms with Crippen molar-refractivity contribution in [1.29, 1.82) is 0 Å². The summed E-state index contributed by atoms with van der Waals surface area (Å²) in [6.45, 7) is 2.08. The van der Waals surface area contributed by atoms with Crippen molar-refractivity contribution in [2.75, 3.05) is 19.0 Å². The summed E-state index contributed by atoms with van der Waals surface area (Å²) in [4.78, 5) is 25.1. The van der Waals surface area contributed by atoms with Gasteiger partial charge in [-0.1, -0.05) is 17.7 Å². The van der Waals surface area contributed by atoms with Crippen LogP contribution in [-0.2, 0) is 9.53 Å². The number of hydrogen-bond donors (Lipinski definition) is 2. The molecule has 1 saturated heterocycles. The highest BCUT2D eigenvalue weighted by atomic mass is 16.5. The molecule has 0 aliphatic carbocycles. The number of benzene rings is 1. The van der Waals surface area contributed by atoms with Crippen LogP contribution in [0, 0.1) is 6.92 Å². The summed E-state index contributed by atoms with van der Waals surface area (Å²) in [7, 11) is 1.27. The van der Waals surface area contributed by atoms with Crippen LogP contribution in [0.25, 0.3) is 0 Å². The van der Waals surface area contributed by atoms with Crippen LogP contribution < -0.4 is 5.32 Å². The number of ether oxygens (including phenoxy) is 1. The summed E-state index contributed by atoms with van der Waals surface area (Å²) < 4.78 is 4.66. The average Bonchev–Trinajstić information content (AvgIpc) is 2.82. The summed E-state index contributed by atoms with van der Waals surface area (Å²) in [5.41, 5.74) is 1.73. The number of rotatable bonds is 2. The molecular formula is C14H18N2O4. The molecule has 0 bridgehead atoms. The van der Waals surface area contributed by atoms with E-state index < -0.39 is 24.1 Å². The summed E-state index contributed by atoms with van der Waals surface area (Å²) >= 11 is 0. The number of esters is 1. The zero-order valence-electron chi connectivity index (χ0n) is 11.5. The first kappa shape index (κ1) is 14.3. The monoisotopic (exact) mass is 278 g/mol. The van der Waals surface area contributed by atoms with Crippen molar-refractivity contribution in [1.82, 2.24) is 4.90 Å². The van der Waals surface area contributed by atoms with Crippen LogP contribution in [0.5, 0.6) is 0 Å². The minimum atomic E-state index is -0.736. The largest absolute Gasteiger partial charge is 0.467 e. The maximum Gasteiger partial charge on any atom is 0.328 e. The van der Waals surface area contributed by atoms with Gasteiger partial charge in [0.1, 0.15) is 6.04 Å². The Bertz CT molecular complexity index is 500. The Balaban J connectivity index is 2.07. The van der Waals surface area contributed by atoms with Crippen molar-refractivity contribution in [2.45, 2.75) is 25.5 Å². The highest BCUT2D eigenvalue weighted by Crippen LogP contribution is 2.20. The third kappa shape index (κ3) is 3.08. The van der Waals surface area contributed by atoms with Crippen LogP contribution in [0.4, 0.5) is 10.5 Å².